The predicted octanol–water partition coefficient (Wildman–Crippen LogP) is 1.27. The largest absolute Gasteiger partial charge is 0.357 e. The van der Waals surface area contributed by atoms with Crippen molar-refractivity contribution in [3.05, 3.63) is 65.5 Å². The minimum Gasteiger partial charge on any atom is -0.357 e. The van der Waals surface area contributed by atoms with Gasteiger partial charge in [-0.2, -0.15) is 0 Å². The van der Waals surface area contributed by atoms with E-state index in [0.717, 1.165) is 12.1 Å². The van der Waals surface area contributed by atoms with Gasteiger partial charge >= 0.3 is 0 Å². The average Bonchev–Trinajstić information content (AvgIpc) is 2.75. The summed E-state index contributed by atoms with van der Waals surface area (Å²) in [4.78, 5) is 34.0. The van der Waals surface area contributed by atoms with E-state index in [4.69, 9.17) is 0 Å². The van der Waals surface area contributed by atoms with Crippen LogP contribution < -0.4 is 16.0 Å². The summed E-state index contributed by atoms with van der Waals surface area (Å²) in [7, 11) is 3.46. The second-order valence-corrected chi connectivity index (χ2v) is 6.52. The van der Waals surface area contributed by atoms with Gasteiger partial charge in [-0.15, -0.1) is 0 Å². The summed E-state index contributed by atoms with van der Waals surface area (Å²) in [5.41, 5.74) is 2.18. The number of nitrogens with one attached hydrogen (secondary N) is 3. The molecule has 0 atom stereocenters. The summed E-state index contributed by atoms with van der Waals surface area (Å²) >= 11 is 0. The second kappa shape index (κ2) is 11.4. The predicted molar refractivity (Wildman–Crippen MR) is 114 cm³/mol. The van der Waals surface area contributed by atoms with Crippen LogP contribution in [0.2, 0.25) is 0 Å². The summed E-state index contributed by atoms with van der Waals surface area (Å²) in [6, 6.07) is 10.9. The number of rotatable bonds is 8. The third-order valence-corrected chi connectivity index (χ3v) is 4.00. The Morgan fingerprint density at radius 2 is 1.72 bits per heavy atom. The van der Waals surface area contributed by atoms with Crippen molar-refractivity contribution < 1.29 is 9.59 Å². The number of hydrogen-bond acceptors (Lipinski definition) is 4. The lowest BCUT2D eigenvalue weighted by molar-refractivity contribution is 0.0827. The van der Waals surface area contributed by atoms with Crippen molar-refractivity contribution >= 4 is 17.8 Å². The fourth-order valence-electron chi connectivity index (χ4n) is 2.48. The molecule has 154 valence electrons. The Bertz CT molecular complexity index is 819. The van der Waals surface area contributed by atoms with E-state index in [0.29, 0.717) is 36.7 Å². The molecule has 0 radical (unpaired) electrons. The van der Waals surface area contributed by atoms with Gasteiger partial charge in [0.15, 0.2) is 5.96 Å². The molecule has 0 spiro atoms. The molecule has 0 unspecified atom stereocenters. The molecule has 1 aromatic heterocycles. The molecule has 2 amide bonds. The van der Waals surface area contributed by atoms with Gasteiger partial charge < -0.3 is 20.9 Å². The van der Waals surface area contributed by atoms with Crippen LogP contribution in [0, 0.1) is 0 Å². The lowest BCUT2D eigenvalue weighted by atomic mass is 10.1. The molecule has 8 heteroatoms. The Morgan fingerprint density at radius 3 is 2.34 bits per heavy atom. The molecule has 8 nitrogen and oxygen atoms in total. The van der Waals surface area contributed by atoms with Crippen LogP contribution in [0.15, 0.2) is 53.8 Å². The minimum atomic E-state index is -0.158. The second-order valence-electron chi connectivity index (χ2n) is 6.52. The number of aromatic nitrogens is 1. The van der Waals surface area contributed by atoms with Crippen LogP contribution in [0.4, 0.5) is 0 Å². The highest BCUT2D eigenvalue weighted by molar-refractivity contribution is 5.94. The first-order valence-electron chi connectivity index (χ1n) is 9.52. The van der Waals surface area contributed by atoms with Crippen molar-refractivity contribution in [1.29, 1.82) is 0 Å². The van der Waals surface area contributed by atoms with E-state index in [1.807, 2.05) is 31.2 Å². The Morgan fingerprint density at radius 1 is 1.00 bits per heavy atom. The maximum atomic E-state index is 12.0. The molecule has 0 aliphatic heterocycles. The number of pyridine rings is 1. The van der Waals surface area contributed by atoms with E-state index in [1.54, 1.807) is 37.3 Å². The van der Waals surface area contributed by atoms with Crippen molar-refractivity contribution in [2.75, 3.05) is 33.7 Å². The van der Waals surface area contributed by atoms with E-state index in [9.17, 15) is 9.59 Å². The molecule has 1 aromatic carbocycles. The third kappa shape index (κ3) is 7.25. The quantitative estimate of drug-likeness (QED) is 0.355. The molecule has 0 aliphatic rings. The minimum absolute atomic E-state index is 0.0246. The fraction of sp³-hybridized carbons (Fsp3) is 0.333. The summed E-state index contributed by atoms with van der Waals surface area (Å²) in [6.45, 7) is 4.19. The zero-order valence-electron chi connectivity index (χ0n) is 17.1. The van der Waals surface area contributed by atoms with Crippen molar-refractivity contribution in [2.24, 2.45) is 4.99 Å². The molecule has 29 heavy (non-hydrogen) atoms. The number of carbonyl (C=O) groups excluding carboxylic acids is 2. The van der Waals surface area contributed by atoms with Crippen LogP contribution in [-0.4, -0.2) is 61.4 Å². The van der Waals surface area contributed by atoms with Gasteiger partial charge in [0.1, 0.15) is 0 Å². The van der Waals surface area contributed by atoms with Gasteiger partial charge in [-0.05, 0) is 36.8 Å². The molecule has 0 aliphatic carbocycles. The summed E-state index contributed by atoms with van der Waals surface area (Å²) in [5, 5.41) is 9.20. The topological polar surface area (TPSA) is 98.7 Å². The van der Waals surface area contributed by atoms with Crippen molar-refractivity contribution in [1.82, 2.24) is 25.8 Å². The van der Waals surface area contributed by atoms with Crippen LogP contribution in [-0.2, 0) is 6.54 Å². The zero-order chi connectivity index (χ0) is 21.1. The van der Waals surface area contributed by atoms with Crippen LogP contribution >= 0.6 is 0 Å². The summed E-state index contributed by atoms with van der Waals surface area (Å²) in [6.07, 6.45) is 3.16. The molecule has 2 rings (SSSR count). The first kappa shape index (κ1) is 21.9. The van der Waals surface area contributed by atoms with Crippen LogP contribution in [0.5, 0.6) is 0 Å². The highest BCUT2D eigenvalue weighted by Crippen LogP contribution is 2.07. The lowest BCUT2D eigenvalue weighted by Gasteiger charge is -2.12. The Labute approximate surface area is 171 Å². The van der Waals surface area contributed by atoms with Crippen molar-refractivity contribution in [3.8, 4) is 0 Å². The molecule has 3 N–H and O–H groups in total. The number of benzene rings is 1. The SMILES string of the molecule is CCNC(=NCc1ccc(C(=O)N(C)C)cc1)NCCNC(=O)c1cccnc1. The first-order chi connectivity index (χ1) is 14.0. The van der Waals surface area contributed by atoms with Gasteiger partial charge in [-0.25, -0.2) is 4.99 Å². The van der Waals surface area contributed by atoms with Gasteiger partial charge in [-0.1, -0.05) is 12.1 Å². The average molecular weight is 396 g/mol. The highest BCUT2D eigenvalue weighted by Gasteiger charge is 2.07. The van der Waals surface area contributed by atoms with Crippen molar-refractivity contribution in [3.63, 3.8) is 0 Å². The highest BCUT2D eigenvalue weighted by atomic mass is 16.2. The zero-order valence-corrected chi connectivity index (χ0v) is 17.1. The normalized spacial score (nSPS) is 10.9. The molecule has 0 bridgehead atoms. The number of nitrogens with zero attached hydrogens (tertiary/aromatic N) is 3. The third-order valence-electron chi connectivity index (χ3n) is 4.00. The maximum absolute atomic E-state index is 12.0. The number of carbonyl (C=O) groups is 2. The number of aliphatic imine (C=N–C) groups is 1. The standard InChI is InChI=1S/C21H28N6O2/c1-4-23-21(25-13-12-24-19(28)18-6-5-11-22-15-18)26-14-16-7-9-17(10-8-16)20(29)27(2)3/h5-11,15H,4,12-14H2,1-3H3,(H,24,28)(H2,23,25,26). The molecule has 2 aromatic rings. The first-order valence-corrected chi connectivity index (χ1v) is 9.52. The molecule has 0 fully saturated rings. The molecule has 0 saturated carbocycles. The van der Waals surface area contributed by atoms with E-state index in [-0.39, 0.29) is 11.8 Å². The summed E-state index contributed by atoms with van der Waals surface area (Å²) in [5.74, 6) is 0.481. The Hall–Kier alpha value is -3.42. The lowest BCUT2D eigenvalue weighted by Crippen LogP contribution is -2.41. The van der Waals surface area contributed by atoms with Crippen molar-refractivity contribution in [2.45, 2.75) is 13.5 Å². The van der Waals surface area contributed by atoms with Gasteiger partial charge in [0, 0.05) is 51.7 Å². The molecule has 1 heterocycles. The van der Waals surface area contributed by atoms with E-state index in [1.165, 1.54) is 6.20 Å². The Kier molecular flexibility index (Phi) is 8.62. The molecular weight excluding hydrogens is 368 g/mol. The smallest absolute Gasteiger partial charge is 0.253 e. The van der Waals surface area contributed by atoms with Gasteiger partial charge in [0.05, 0.1) is 12.1 Å². The van der Waals surface area contributed by atoms with E-state index in [2.05, 4.69) is 25.9 Å². The maximum Gasteiger partial charge on any atom is 0.253 e. The number of guanidine groups is 1. The number of hydrogen-bond donors (Lipinski definition) is 3. The molecule has 0 saturated heterocycles. The monoisotopic (exact) mass is 396 g/mol. The van der Waals surface area contributed by atoms with Crippen LogP contribution in [0.1, 0.15) is 33.2 Å². The Balaban J connectivity index is 1.83. The summed E-state index contributed by atoms with van der Waals surface area (Å²) < 4.78 is 0. The van der Waals surface area contributed by atoms with E-state index < -0.39 is 0 Å². The number of amides is 2. The van der Waals surface area contributed by atoms with Crippen LogP contribution in [0.3, 0.4) is 0 Å². The molecular formula is C21H28N6O2. The van der Waals surface area contributed by atoms with E-state index >= 15 is 0 Å². The van der Waals surface area contributed by atoms with Gasteiger partial charge in [0.2, 0.25) is 0 Å². The fourth-order valence-corrected chi connectivity index (χ4v) is 2.48. The van der Waals surface area contributed by atoms with Crippen LogP contribution in [0.25, 0.3) is 0 Å². The van der Waals surface area contributed by atoms with Gasteiger partial charge in [-0.3, -0.25) is 14.6 Å². The van der Waals surface area contributed by atoms with Gasteiger partial charge in [0.25, 0.3) is 11.8 Å².